The first-order chi connectivity index (χ1) is 11.2. The number of terminal acetylenes is 1. The second-order valence-electron chi connectivity index (χ2n) is 5.98. The van der Waals surface area contributed by atoms with E-state index in [0.717, 1.165) is 44.9 Å². The van der Waals surface area contributed by atoms with Crippen LogP contribution in [0.25, 0.3) is 0 Å². The van der Waals surface area contributed by atoms with E-state index in [9.17, 15) is 9.59 Å². The van der Waals surface area contributed by atoms with Crippen molar-refractivity contribution in [2.24, 2.45) is 5.92 Å². The number of hydrogen-bond acceptors (Lipinski definition) is 4. The van der Waals surface area contributed by atoms with Crippen LogP contribution in [0.2, 0.25) is 0 Å². The molecule has 1 amide bonds. The third kappa shape index (κ3) is 7.92. The lowest BCUT2D eigenvalue weighted by molar-refractivity contribution is -0.148. The van der Waals surface area contributed by atoms with Crippen molar-refractivity contribution in [1.82, 2.24) is 5.32 Å². The summed E-state index contributed by atoms with van der Waals surface area (Å²) in [6, 6.07) is -0.615. The van der Waals surface area contributed by atoms with E-state index >= 15 is 0 Å². The molecule has 5 heteroatoms. The van der Waals surface area contributed by atoms with E-state index in [4.69, 9.17) is 15.9 Å². The van der Waals surface area contributed by atoms with Crippen LogP contribution in [0.1, 0.15) is 64.7 Å². The highest BCUT2D eigenvalue weighted by Gasteiger charge is 2.32. The van der Waals surface area contributed by atoms with Crippen LogP contribution in [0.3, 0.4) is 0 Å². The summed E-state index contributed by atoms with van der Waals surface area (Å²) in [7, 11) is 0. The van der Waals surface area contributed by atoms with E-state index in [1.165, 1.54) is 6.42 Å². The predicted molar refractivity (Wildman–Crippen MR) is 88.8 cm³/mol. The summed E-state index contributed by atoms with van der Waals surface area (Å²) < 4.78 is 10.3. The molecule has 0 bridgehead atoms. The van der Waals surface area contributed by atoms with Gasteiger partial charge in [-0.1, -0.05) is 39.0 Å². The van der Waals surface area contributed by atoms with Crippen LogP contribution in [0.15, 0.2) is 0 Å². The Morgan fingerprint density at radius 3 is 2.57 bits per heavy atom. The van der Waals surface area contributed by atoms with Gasteiger partial charge in [0.15, 0.2) is 0 Å². The van der Waals surface area contributed by atoms with E-state index in [0.29, 0.717) is 13.0 Å². The lowest BCUT2D eigenvalue weighted by Gasteiger charge is -2.29. The first-order valence-corrected chi connectivity index (χ1v) is 8.72. The molecule has 5 nitrogen and oxygen atoms in total. The fraction of sp³-hybridized carbons (Fsp3) is 0.778. The molecule has 23 heavy (non-hydrogen) atoms. The largest absolute Gasteiger partial charge is 0.464 e. The molecule has 1 fully saturated rings. The molecule has 0 aromatic carbocycles. The van der Waals surface area contributed by atoms with Crippen LogP contribution in [0, 0.1) is 18.3 Å². The molecule has 1 rings (SSSR count). The van der Waals surface area contributed by atoms with Crippen molar-refractivity contribution >= 4 is 12.1 Å². The Morgan fingerprint density at radius 1 is 1.17 bits per heavy atom. The summed E-state index contributed by atoms with van der Waals surface area (Å²) in [5.41, 5.74) is 0. The van der Waals surface area contributed by atoms with Gasteiger partial charge in [0.05, 0.1) is 6.61 Å². The van der Waals surface area contributed by atoms with Gasteiger partial charge in [0.2, 0.25) is 0 Å². The smallest absolute Gasteiger partial charge is 0.407 e. The molecule has 1 aliphatic rings. The van der Waals surface area contributed by atoms with Crippen molar-refractivity contribution in [3.05, 3.63) is 0 Å². The van der Waals surface area contributed by atoms with Gasteiger partial charge in [0.25, 0.3) is 0 Å². The SMILES string of the molecule is C#CCCOC(=O)NC(C(=O)OCCCCC)C1CCCCC1. The van der Waals surface area contributed by atoms with Crippen molar-refractivity contribution < 1.29 is 19.1 Å². The van der Waals surface area contributed by atoms with Gasteiger partial charge >= 0.3 is 12.1 Å². The Balaban J connectivity index is 2.52. The number of unbranched alkanes of at least 4 members (excludes halogenated alkanes) is 2. The fourth-order valence-corrected chi connectivity index (χ4v) is 2.82. The quantitative estimate of drug-likeness (QED) is 0.401. The Morgan fingerprint density at radius 2 is 1.91 bits per heavy atom. The average Bonchev–Trinajstić information content (AvgIpc) is 2.57. The van der Waals surface area contributed by atoms with Gasteiger partial charge in [-0.05, 0) is 25.2 Å². The zero-order chi connectivity index (χ0) is 16.9. The lowest BCUT2D eigenvalue weighted by Crippen LogP contribution is -2.47. The highest BCUT2D eigenvalue weighted by molar-refractivity contribution is 5.81. The van der Waals surface area contributed by atoms with Gasteiger partial charge in [-0.15, -0.1) is 12.3 Å². The Labute approximate surface area is 139 Å². The number of amides is 1. The molecule has 1 atom stereocenters. The van der Waals surface area contributed by atoms with Crippen molar-refractivity contribution in [1.29, 1.82) is 0 Å². The van der Waals surface area contributed by atoms with Crippen molar-refractivity contribution in [3.8, 4) is 12.3 Å². The molecule has 0 radical (unpaired) electrons. The third-order valence-electron chi connectivity index (χ3n) is 4.12. The van der Waals surface area contributed by atoms with Crippen LogP contribution < -0.4 is 5.32 Å². The molecule has 0 aliphatic heterocycles. The van der Waals surface area contributed by atoms with Crippen molar-refractivity contribution in [3.63, 3.8) is 0 Å². The van der Waals surface area contributed by atoms with E-state index < -0.39 is 12.1 Å². The first-order valence-electron chi connectivity index (χ1n) is 8.72. The summed E-state index contributed by atoms with van der Waals surface area (Å²) in [4.78, 5) is 24.2. The molecular weight excluding hydrogens is 294 g/mol. The molecule has 1 saturated carbocycles. The lowest BCUT2D eigenvalue weighted by atomic mass is 9.84. The minimum Gasteiger partial charge on any atom is -0.464 e. The highest BCUT2D eigenvalue weighted by Crippen LogP contribution is 2.27. The molecule has 1 unspecified atom stereocenters. The van der Waals surface area contributed by atoms with Gasteiger partial charge < -0.3 is 14.8 Å². The van der Waals surface area contributed by atoms with Gasteiger partial charge in [0.1, 0.15) is 12.6 Å². The third-order valence-corrected chi connectivity index (χ3v) is 4.12. The van der Waals surface area contributed by atoms with Gasteiger partial charge in [0, 0.05) is 6.42 Å². The number of carbonyl (C=O) groups excluding carboxylic acids is 2. The van der Waals surface area contributed by atoms with Crippen LogP contribution >= 0.6 is 0 Å². The summed E-state index contributed by atoms with van der Waals surface area (Å²) in [5, 5.41) is 2.68. The van der Waals surface area contributed by atoms with Gasteiger partial charge in [-0.2, -0.15) is 0 Å². The Kier molecular flexibility index (Phi) is 9.94. The van der Waals surface area contributed by atoms with E-state index in [2.05, 4.69) is 18.2 Å². The van der Waals surface area contributed by atoms with Crippen LogP contribution in [0.4, 0.5) is 4.79 Å². The number of carbonyl (C=O) groups is 2. The molecule has 0 heterocycles. The monoisotopic (exact) mass is 323 g/mol. The number of nitrogens with one attached hydrogen (secondary N) is 1. The van der Waals surface area contributed by atoms with E-state index in [1.807, 2.05) is 0 Å². The molecule has 130 valence electrons. The average molecular weight is 323 g/mol. The Hall–Kier alpha value is -1.70. The second kappa shape index (κ2) is 11.8. The topological polar surface area (TPSA) is 64.6 Å². The predicted octanol–water partition coefficient (Wildman–Crippen LogP) is 3.42. The fourth-order valence-electron chi connectivity index (χ4n) is 2.82. The van der Waals surface area contributed by atoms with Crippen molar-refractivity contribution in [2.75, 3.05) is 13.2 Å². The summed E-state index contributed by atoms with van der Waals surface area (Å²) in [5.74, 6) is 2.19. The molecule has 1 aliphatic carbocycles. The zero-order valence-corrected chi connectivity index (χ0v) is 14.1. The molecule has 0 aromatic rings. The molecule has 0 saturated heterocycles. The minimum absolute atomic E-state index is 0.127. The molecule has 0 spiro atoms. The van der Waals surface area contributed by atoms with Crippen LogP contribution in [-0.2, 0) is 14.3 Å². The van der Waals surface area contributed by atoms with Crippen molar-refractivity contribution in [2.45, 2.75) is 70.8 Å². The van der Waals surface area contributed by atoms with E-state index in [-0.39, 0.29) is 18.5 Å². The maximum atomic E-state index is 12.3. The molecular formula is C18H29NO4. The maximum absolute atomic E-state index is 12.3. The number of esters is 1. The summed E-state index contributed by atoms with van der Waals surface area (Å²) >= 11 is 0. The van der Waals surface area contributed by atoms with Gasteiger partial charge in [-0.3, -0.25) is 0 Å². The van der Waals surface area contributed by atoms with Crippen LogP contribution in [0.5, 0.6) is 0 Å². The summed E-state index contributed by atoms with van der Waals surface area (Å²) in [6.45, 7) is 2.66. The maximum Gasteiger partial charge on any atom is 0.407 e. The van der Waals surface area contributed by atoms with Gasteiger partial charge in [-0.25, -0.2) is 9.59 Å². The highest BCUT2D eigenvalue weighted by atomic mass is 16.6. The molecule has 1 N–H and O–H groups in total. The number of hydrogen-bond donors (Lipinski definition) is 1. The molecule has 0 aromatic heterocycles. The first kappa shape index (κ1) is 19.3. The standard InChI is InChI=1S/C18H29NO4/c1-3-5-10-14-22-17(20)16(15-11-8-7-9-12-15)19-18(21)23-13-6-4-2/h2,15-16H,3,5-14H2,1H3,(H,19,21). The number of alkyl carbamates (subject to hydrolysis) is 1. The normalized spacial score (nSPS) is 16.2. The Bertz CT molecular complexity index is 396. The summed E-state index contributed by atoms with van der Waals surface area (Å²) in [6.07, 6.45) is 13.1. The second-order valence-corrected chi connectivity index (χ2v) is 5.98. The number of ether oxygens (including phenoxy) is 2. The minimum atomic E-state index is -0.615. The van der Waals surface area contributed by atoms with Crippen LogP contribution in [-0.4, -0.2) is 31.3 Å². The zero-order valence-electron chi connectivity index (χ0n) is 14.1. The van der Waals surface area contributed by atoms with E-state index in [1.54, 1.807) is 0 Å². The number of rotatable bonds is 9.